The molecule has 0 spiro atoms. The highest BCUT2D eigenvalue weighted by atomic mass is 16.6. The van der Waals surface area contributed by atoms with Crippen molar-refractivity contribution in [3.05, 3.63) is 48.0 Å². The van der Waals surface area contributed by atoms with Crippen LogP contribution in [-0.4, -0.2) is 41.4 Å². The van der Waals surface area contributed by atoms with Gasteiger partial charge in [0.15, 0.2) is 12.0 Å². The Labute approximate surface area is 112 Å². The molecule has 1 heterocycles. The van der Waals surface area contributed by atoms with Gasteiger partial charge < -0.3 is 24.6 Å². The minimum Gasteiger partial charge on any atom is -0.456 e. The van der Waals surface area contributed by atoms with Gasteiger partial charge in [0.05, 0.1) is 13.2 Å². The standard InChI is InChI=1S/C14H19NO4/c16-8-6-15(7-9-17)14-11-18-13(10-19-14)12-4-2-1-3-5-12/h1-2,4,10-11,16-17H,3,5-9H2. The molecule has 0 aromatic rings. The smallest absolute Gasteiger partial charge is 0.231 e. The maximum atomic E-state index is 8.97. The zero-order valence-electron chi connectivity index (χ0n) is 10.8. The van der Waals surface area contributed by atoms with E-state index in [4.69, 9.17) is 19.7 Å². The third kappa shape index (κ3) is 3.62. The normalized spacial score (nSPS) is 17.9. The zero-order valence-corrected chi connectivity index (χ0v) is 10.8. The molecular weight excluding hydrogens is 246 g/mol. The van der Waals surface area contributed by atoms with Crippen molar-refractivity contribution < 1.29 is 19.7 Å². The summed E-state index contributed by atoms with van der Waals surface area (Å²) in [5, 5.41) is 17.9. The monoisotopic (exact) mass is 265 g/mol. The van der Waals surface area contributed by atoms with E-state index < -0.39 is 0 Å². The van der Waals surface area contributed by atoms with Gasteiger partial charge in [-0.3, -0.25) is 0 Å². The van der Waals surface area contributed by atoms with Crippen molar-refractivity contribution in [2.75, 3.05) is 26.3 Å². The second-order valence-electron chi connectivity index (χ2n) is 4.27. The number of ether oxygens (including phenoxy) is 2. The first-order chi connectivity index (χ1) is 9.35. The van der Waals surface area contributed by atoms with Crippen molar-refractivity contribution in [1.29, 1.82) is 0 Å². The Morgan fingerprint density at radius 2 is 1.89 bits per heavy atom. The summed E-state index contributed by atoms with van der Waals surface area (Å²) in [5.41, 5.74) is 1.11. The van der Waals surface area contributed by atoms with Crippen LogP contribution in [0.15, 0.2) is 48.0 Å². The molecule has 1 aliphatic carbocycles. The lowest BCUT2D eigenvalue weighted by molar-refractivity contribution is 0.101. The fourth-order valence-electron chi connectivity index (χ4n) is 1.97. The molecule has 19 heavy (non-hydrogen) atoms. The highest BCUT2D eigenvalue weighted by Crippen LogP contribution is 2.25. The third-order valence-corrected chi connectivity index (χ3v) is 2.96. The van der Waals surface area contributed by atoms with Gasteiger partial charge in [-0.15, -0.1) is 0 Å². The molecule has 0 amide bonds. The molecule has 0 radical (unpaired) electrons. The van der Waals surface area contributed by atoms with E-state index in [2.05, 4.69) is 6.08 Å². The topological polar surface area (TPSA) is 62.2 Å². The lowest BCUT2D eigenvalue weighted by Gasteiger charge is -2.27. The maximum absolute atomic E-state index is 8.97. The first-order valence-electron chi connectivity index (χ1n) is 6.41. The largest absolute Gasteiger partial charge is 0.456 e. The molecule has 0 fully saturated rings. The van der Waals surface area contributed by atoms with Crippen LogP contribution in [0.4, 0.5) is 0 Å². The summed E-state index contributed by atoms with van der Waals surface area (Å²) in [6.45, 7) is 0.773. The van der Waals surface area contributed by atoms with Gasteiger partial charge in [0, 0.05) is 13.1 Å². The van der Waals surface area contributed by atoms with E-state index >= 15 is 0 Å². The summed E-state index contributed by atoms with van der Waals surface area (Å²) in [6, 6.07) is 0. The molecule has 2 rings (SSSR count). The highest BCUT2D eigenvalue weighted by Gasteiger charge is 2.17. The molecular formula is C14H19NO4. The van der Waals surface area contributed by atoms with Crippen molar-refractivity contribution in [2.24, 2.45) is 0 Å². The van der Waals surface area contributed by atoms with E-state index in [1.165, 1.54) is 6.26 Å². The number of hydrogen-bond acceptors (Lipinski definition) is 5. The van der Waals surface area contributed by atoms with Crippen LogP contribution in [0.2, 0.25) is 0 Å². The number of hydrogen-bond donors (Lipinski definition) is 2. The van der Waals surface area contributed by atoms with Crippen LogP contribution in [0, 0.1) is 0 Å². The van der Waals surface area contributed by atoms with E-state index in [0.717, 1.165) is 18.4 Å². The maximum Gasteiger partial charge on any atom is 0.231 e. The average Bonchev–Trinajstić information content (AvgIpc) is 2.48. The van der Waals surface area contributed by atoms with Gasteiger partial charge in [0.25, 0.3) is 0 Å². The molecule has 0 unspecified atom stereocenters. The molecule has 2 N–H and O–H groups in total. The minimum atomic E-state index is -0.00673. The molecule has 2 aliphatic rings. The average molecular weight is 265 g/mol. The summed E-state index contributed by atoms with van der Waals surface area (Å²) in [5.74, 6) is 1.21. The van der Waals surface area contributed by atoms with Gasteiger partial charge in [-0.25, -0.2) is 0 Å². The van der Waals surface area contributed by atoms with E-state index in [9.17, 15) is 0 Å². The number of allylic oxidation sites excluding steroid dienone is 4. The lowest BCUT2D eigenvalue weighted by atomic mass is 10.0. The fourth-order valence-corrected chi connectivity index (χ4v) is 1.97. The van der Waals surface area contributed by atoms with E-state index in [1.807, 2.05) is 12.2 Å². The molecule has 0 saturated carbocycles. The second kappa shape index (κ2) is 7.01. The predicted octanol–water partition coefficient (Wildman–Crippen LogP) is 1.24. The predicted molar refractivity (Wildman–Crippen MR) is 70.5 cm³/mol. The first kappa shape index (κ1) is 13.7. The van der Waals surface area contributed by atoms with Crippen molar-refractivity contribution in [2.45, 2.75) is 12.8 Å². The molecule has 104 valence electrons. The fraction of sp³-hybridized carbons (Fsp3) is 0.429. The van der Waals surface area contributed by atoms with E-state index in [1.54, 1.807) is 11.2 Å². The zero-order chi connectivity index (χ0) is 13.5. The summed E-state index contributed by atoms with van der Waals surface area (Å²) in [4.78, 5) is 1.72. The Kier molecular flexibility index (Phi) is 5.06. The van der Waals surface area contributed by atoms with Crippen LogP contribution in [0.5, 0.6) is 0 Å². The number of aliphatic hydroxyl groups excluding tert-OH is 2. The van der Waals surface area contributed by atoms with E-state index in [0.29, 0.717) is 24.7 Å². The molecule has 0 atom stereocenters. The molecule has 0 aromatic heterocycles. The lowest BCUT2D eigenvalue weighted by Crippen LogP contribution is -2.30. The number of rotatable bonds is 6. The minimum absolute atomic E-state index is 0.00673. The summed E-state index contributed by atoms with van der Waals surface area (Å²) >= 11 is 0. The Hall–Kier alpha value is -1.72. The van der Waals surface area contributed by atoms with Gasteiger partial charge in [-0.2, -0.15) is 0 Å². The molecule has 1 aliphatic heterocycles. The second-order valence-corrected chi connectivity index (χ2v) is 4.27. The number of nitrogens with zero attached hydrogens (tertiary/aromatic N) is 1. The van der Waals surface area contributed by atoms with Crippen molar-refractivity contribution in [1.82, 2.24) is 4.90 Å². The Morgan fingerprint density at radius 1 is 1.11 bits per heavy atom. The Morgan fingerprint density at radius 3 is 2.42 bits per heavy atom. The molecule has 5 nitrogen and oxygen atoms in total. The van der Waals surface area contributed by atoms with Crippen LogP contribution in [0.25, 0.3) is 0 Å². The van der Waals surface area contributed by atoms with Crippen molar-refractivity contribution in [3.8, 4) is 0 Å². The summed E-state index contributed by atoms with van der Waals surface area (Å²) < 4.78 is 11.1. The third-order valence-electron chi connectivity index (χ3n) is 2.96. The van der Waals surface area contributed by atoms with Gasteiger partial charge in [0.2, 0.25) is 5.88 Å². The Bertz CT molecular complexity index is 417. The first-order valence-corrected chi connectivity index (χ1v) is 6.41. The van der Waals surface area contributed by atoms with Crippen molar-refractivity contribution >= 4 is 0 Å². The molecule has 0 bridgehead atoms. The van der Waals surface area contributed by atoms with Crippen LogP contribution in [0.1, 0.15) is 12.8 Å². The van der Waals surface area contributed by atoms with Gasteiger partial charge in [-0.05, 0) is 18.4 Å². The van der Waals surface area contributed by atoms with Crippen LogP contribution in [-0.2, 0) is 9.47 Å². The highest BCUT2D eigenvalue weighted by molar-refractivity contribution is 5.32. The van der Waals surface area contributed by atoms with Crippen molar-refractivity contribution in [3.63, 3.8) is 0 Å². The van der Waals surface area contributed by atoms with Gasteiger partial charge in [0.1, 0.15) is 6.26 Å². The SMILES string of the molecule is OCCN(CCO)C1=COC(C2=CC=CCC2)=CO1. The van der Waals surface area contributed by atoms with Crippen LogP contribution < -0.4 is 0 Å². The quantitative estimate of drug-likeness (QED) is 0.756. The molecule has 0 saturated heterocycles. The number of aliphatic hydroxyl groups is 2. The van der Waals surface area contributed by atoms with E-state index in [-0.39, 0.29) is 13.2 Å². The van der Waals surface area contributed by atoms with Gasteiger partial charge in [-0.1, -0.05) is 18.2 Å². The summed E-state index contributed by atoms with van der Waals surface area (Å²) in [6.07, 6.45) is 11.2. The van der Waals surface area contributed by atoms with Crippen LogP contribution >= 0.6 is 0 Å². The molecule has 5 heteroatoms. The van der Waals surface area contributed by atoms with Gasteiger partial charge >= 0.3 is 0 Å². The molecule has 0 aromatic carbocycles. The summed E-state index contributed by atoms with van der Waals surface area (Å²) in [7, 11) is 0. The van der Waals surface area contributed by atoms with Crippen LogP contribution in [0.3, 0.4) is 0 Å². The Balaban J connectivity index is 1.97.